The second kappa shape index (κ2) is 8.57. The molecule has 0 bridgehead atoms. The molecule has 4 rings (SSSR count). The lowest BCUT2D eigenvalue weighted by Gasteiger charge is -2.21. The van der Waals surface area contributed by atoms with Crippen LogP contribution in [-0.2, 0) is 0 Å². The number of para-hydroxylation sites is 1. The summed E-state index contributed by atoms with van der Waals surface area (Å²) in [5.74, 6) is 3.14. The van der Waals surface area contributed by atoms with Crippen LogP contribution in [0.1, 0.15) is 12.8 Å². The minimum absolute atomic E-state index is 0.0300. The molecular formula is C24H21NO3. The van der Waals surface area contributed by atoms with Crippen molar-refractivity contribution in [3.05, 3.63) is 108 Å². The average molecular weight is 371 g/mol. The zero-order chi connectivity index (χ0) is 19.2. The van der Waals surface area contributed by atoms with Crippen LogP contribution in [0.3, 0.4) is 0 Å². The first kappa shape index (κ1) is 18.0. The van der Waals surface area contributed by atoms with E-state index in [0.717, 1.165) is 30.1 Å². The van der Waals surface area contributed by atoms with Crippen molar-refractivity contribution < 1.29 is 14.5 Å². The monoisotopic (exact) mass is 371 g/mol. The van der Waals surface area contributed by atoms with E-state index in [1.807, 2.05) is 54.6 Å². The molecule has 0 saturated heterocycles. The summed E-state index contributed by atoms with van der Waals surface area (Å²) < 4.78 is 11.6. The number of quaternary nitrogens is 1. The molecule has 1 N–H and O–H groups in total. The van der Waals surface area contributed by atoms with Gasteiger partial charge in [0.25, 0.3) is 0 Å². The first-order valence-electron chi connectivity index (χ1n) is 9.29. The molecule has 1 unspecified atom stereocenters. The molecule has 3 aromatic rings. The van der Waals surface area contributed by atoms with Crippen molar-refractivity contribution in [1.82, 2.24) is 0 Å². The van der Waals surface area contributed by atoms with E-state index in [1.54, 1.807) is 36.4 Å². The topological polar surface area (TPSA) is 46.0 Å². The van der Waals surface area contributed by atoms with Crippen molar-refractivity contribution in [1.29, 1.82) is 0 Å². The standard InChI is InChI=1S/C24H21NO3/c26-25(19-11-15-23(16-12-19)27-21-7-3-1-4-8-21)20-13-17-24(18-14-20)28-22-9-5-2-6-10-22/h1-5,7-9,11-18,25H,6,10H2. The molecule has 4 nitrogen and oxygen atoms in total. The number of rotatable bonds is 6. The van der Waals surface area contributed by atoms with Gasteiger partial charge in [0.1, 0.15) is 34.4 Å². The molecule has 140 valence electrons. The highest BCUT2D eigenvalue weighted by molar-refractivity contribution is 5.44. The molecule has 0 saturated carbocycles. The summed E-state index contributed by atoms with van der Waals surface area (Å²) in [6.45, 7) is 0. The van der Waals surface area contributed by atoms with Gasteiger partial charge in [0, 0.05) is 30.7 Å². The van der Waals surface area contributed by atoms with Crippen molar-refractivity contribution in [2.24, 2.45) is 0 Å². The average Bonchev–Trinajstić information content (AvgIpc) is 2.76. The smallest absolute Gasteiger partial charge is 0.136 e. The fourth-order valence-electron chi connectivity index (χ4n) is 2.96. The van der Waals surface area contributed by atoms with Crippen molar-refractivity contribution in [2.75, 3.05) is 0 Å². The maximum atomic E-state index is 12.7. The van der Waals surface area contributed by atoms with Gasteiger partial charge >= 0.3 is 0 Å². The number of nitrogens with one attached hydrogen (secondary N) is 1. The highest BCUT2D eigenvalue weighted by atomic mass is 16.5. The minimum Gasteiger partial charge on any atom is -0.623 e. The normalized spacial score (nSPS) is 14.2. The van der Waals surface area contributed by atoms with Gasteiger partial charge in [0.05, 0.1) is 0 Å². The molecule has 1 aliphatic rings. The largest absolute Gasteiger partial charge is 0.623 e. The van der Waals surface area contributed by atoms with Crippen LogP contribution in [0.25, 0.3) is 0 Å². The first-order valence-corrected chi connectivity index (χ1v) is 9.29. The molecule has 0 amide bonds. The van der Waals surface area contributed by atoms with Gasteiger partial charge in [-0.3, -0.25) is 0 Å². The van der Waals surface area contributed by atoms with Crippen LogP contribution in [0.15, 0.2) is 103 Å². The van der Waals surface area contributed by atoms with Gasteiger partial charge in [-0.1, -0.05) is 30.4 Å². The molecule has 4 heteroatoms. The van der Waals surface area contributed by atoms with Crippen molar-refractivity contribution in [3.8, 4) is 17.2 Å². The highest BCUT2D eigenvalue weighted by Gasteiger charge is 2.09. The fraction of sp³-hybridized carbons (Fsp3) is 0.0833. The van der Waals surface area contributed by atoms with E-state index >= 15 is 0 Å². The third kappa shape index (κ3) is 4.49. The van der Waals surface area contributed by atoms with Crippen LogP contribution in [0.4, 0.5) is 11.4 Å². The predicted octanol–water partition coefficient (Wildman–Crippen LogP) is 5.44. The van der Waals surface area contributed by atoms with Gasteiger partial charge in [-0.25, -0.2) is 0 Å². The van der Waals surface area contributed by atoms with Gasteiger partial charge in [0.2, 0.25) is 0 Å². The molecule has 0 aromatic heterocycles. The first-order chi connectivity index (χ1) is 13.8. The van der Waals surface area contributed by atoms with Gasteiger partial charge in [0.15, 0.2) is 0 Å². The Kier molecular flexibility index (Phi) is 5.52. The zero-order valence-electron chi connectivity index (χ0n) is 15.4. The maximum Gasteiger partial charge on any atom is 0.136 e. The SMILES string of the molecule is [O-][NH+](c1ccc(OC2=CC=CCC2)cc1)c1ccc(Oc2ccccc2)cc1. The summed E-state index contributed by atoms with van der Waals surface area (Å²) in [5, 5.41) is 12.7. The summed E-state index contributed by atoms with van der Waals surface area (Å²) in [7, 11) is 0. The third-order valence-electron chi connectivity index (χ3n) is 4.44. The van der Waals surface area contributed by atoms with Gasteiger partial charge in [-0.2, -0.15) is 0 Å². The molecule has 1 aliphatic carbocycles. The van der Waals surface area contributed by atoms with Gasteiger partial charge in [-0.15, -0.1) is 0 Å². The summed E-state index contributed by atoms with van der Waals surface area (Å²) in [6, 6.07) is 24.0. The van der Waals surface area contributed by atoms with Crippen molar-refractivity contribution in [3.63, 3.8) is 0 Å². The van der Waals surface area contributed by atoms with Crippen LogP contribution in [0, 0.1) is 5.21 Å². The summed E-state index contributed by atoms with van der Waals surface area (Å²) in [4.78, 5) is 0. The number of ether oxygens (including phenoxy) is 2. The van der Waals surface area contributed by atoms with E-state index in [1.165, 1.54) is 0 Å². The van der Waals surface area contributed by atoms with Crippen LogP contribution in [0.2, 0.25) is 0 Å². The van der Waals surface area contributed by atoms with Crippen LogP contribution in [-0.4, -0.2) is 0 Å². The molecule has 0 spiro atoms. The Labute approximate surface area is 164 Å². The quantitative estimate of drug-likeness (QED) is 0.587. The summed E-state index contributed by atoms with van der Waals surface area (Å²) in [5.41, 5.74) is 1.25. The molecule has 0 radical (unpaired) electrons. The third-order valence-corrected chi connectivity index (χ3v) is 4.44. The molecule has 0 heterocycles. The second-order valence-corrected chi connectivity index (χ2v) is 6.49. The van der Waals surface area contributed by atoms with E-state index in [2.05, 4.69) is 6.08 Å². The van der Waals surface area contributed by atoms with E-state index in [-0.39, 0.29) is 5.06 Å². The number of benzene rings is 3. The van der Waals surface area contributed by atoms with Crippen molar-refractivity contribution in [2.45, 2.75) is 12.8 Å². The van der Waals surface area contributed by atoms with Crippen LogP contribution >= 0.6 is 0 Å². The zero-order valence-corrected chi connectivity index (χ0v) is 15.4. The lowest BCUT2D eigenvalue weighted by molar-refractivity contribution is -0.698. The minimum atomic E-state index is -0.0300. The molecular weight excluding hydrogens is 350 g/mol. The summed E-state index contributed by atoms with van der Waals surface area (Å²) in [6.07, 6.45) is 7.98. The fourth-order valence-corrected chi connectivity index (χ4v) is 2.96. The van der Waals surface area contributed by atoms with E-state index < -0.39 is 0 Å². The van der Waals surface area contributed by atoms with Crippen LogP contribution in [0.5, 0.6) is 17.2 Å². The molecule has 1 atom stereocenters. The van der Waals surface area contributed by atoms with Crippen LogP contribution < -0.4 is 14.5 Å². The Balaban J connectivity index is 1.41. The Morgan fingerprint density at radius 3 is 1.82 bits per heavy atom. The Morgan fingerprint density at radius 1 is 0.679 bits per heavy atom. The Bertz CT molecular complexity index is 961. The predicted molar refractivity (Wildman–Crippen MR) is 110 cm³/mol. The Hall–Kier alpha value is -3.34. The highest BCUT2D eigenvalue weighted by Crippen LogP contribution is 2.23. The van der Waals surface area contributed by atoms with E-state index in [4.69, 9.17) is 9.47 Å². The molecule has 28 heavy (non-hydrogen) atoms. The lowest BCUT2D eigenvalue weighted by Crippen LogP contribution is -2.96. The Morgan fingerprint density at radius 2 is 1.25 bits per heavy atom. The van der Waals surface area contributed by atoms with Crippen molar-refractivity contribution >= 4 is 11.4 Å². The number of hydrogen-bond donors (Lipinski definition) is 1. The number of allylic oxidation sites excluding steroid dienone is 4. The second-order valence-electron chi connectivity index (χ2n) is 6.49. The summed E-state index contributed by atoms with van der Waals surface area (Å²) >= 11 is 0. The lowest BCUT2D eigenvalue weighted by atomic mass is 10.1. The number of hydrogen-bond acceptors (Lipinski definition) is 3. The molecule has 0 fully saturated rings. The maximum absolute atomic E-state index is 12.7. The molecule has 3 aromatic carbocycles. The van der Waals surface area contributed by atoms with Gasteiger partial charge in [-0.05, 0) is 48.9 Å². The van der Waals surface area contributed by atoms with E-state index in [0.29, 0.717) is 17.1 Å². The van der Waals surface area contributed by atoms with E-state index in [9.17, 15) is 5.21 Å². The molecule has 0 aliphatic heterocycles. The van der Waals surface area contributed by atoms with Gasteiger partial charge < -0.3 is 19.7 Å².